The largest absolute Gasteiger partial charge is 0.495 e. The molecule has 0 saturated heterocycles. The number of hydrogen-bond donors (Lipinski definition) is 0. The average Bonchev–Trinajstić information content (AvgIpc) is 2.30. The number of benzene rings is 1. The molecule has 0 atom stereocenters. The maximum Gasteiger partial charge on any atom is 0.344 e. The molecule has 0 spiro atoms. The van der Waals surface area contributed by atoms with Gasteiger partial charge in [0.1, 0.15) is 17.1 Å². The number of methoxy groups -OCH3 is 2. The molecule has 0 N–H and O–H groups in total. The summed E-state index contributed by atoms with van der Waals surface area (Å²) in [6, 6.07) is 2.21. The van der Waals surface area contributed by atoms with Crippen LogP contribution < -0.4 is 4.74 Å². The highest BCUT2D eigenvalue weighted by molar-refractivity contribution is 5.94. The highest BCUT2D eigenvalue weighted by Gasteiger charge is 2.21. The fraction of sp³-hybridized carbons (Fsp3) is 0.222. The number of carbonyl (C=O) groups is 1. The molecule has 16 heavy (non-hydrogen) atoms. The molecule has 7 heteroatoms. The molecule has 1 rings (SSSR count). The van der Waals surface area contributed by atoms with E-state index in [1.165, 1.54) is 13.2 Å². The van der Waals surface area contributed by atoms with Gasteiger partial charge in [0.2, 0.25) is 0 Å². The second kappa shape index (κ2) is 4.99. The van der Waals surface area contributed by atoms with Crippen LogP contribution >= 0.6 is 0 Å². The number of hydrogen-bond acceptors (Lipinski definition) is 4. The molecule has 0 aromatic heterocycles. The van der Waals surface area contributed by atoms with Crippen molar-refractivity contribution in [3.8, 4) is 5.75 Å². The average molecular weight is 225 g/mol. The minimum Gasteiger partial charge on any atom is -0.495 e. The number of ether oxygens (including phenoxy) is 2. The van der Waals surface area contributed by atoms with E-state index in [4.69, 9.17) is 10.3 Å². The summed E-state index contributed by atoms with van der Waals surface area (Å²) < 4.78 is 22.6. The molecule has 0 heterocycles. The molecular formula is C9H8FN3O3. The molecule has 0 aliphatic heterocycles. The molecule has 6 nitrogen and oxygen atoms in total. The third-order valence-electron chi connectivity index (χ3n) is 1.83. The van der Waals surface area contributed by atoms with Gasteiger partial charge in [0.05, 0.1) is 19.9 Å². The highest BCUT2D eigenvalue weighted by atomic mass is 19.1. The van der Waals surface area contributed by atoms with Gasteiger partial charge in [0.15, 0.2) is 0 Å². The lowest BCUT2D eigenvalue weighted by Crippen LogP contribution is -2.07. The van der Waals surface area contributed by atoms with E-state index >= 15 is 0 Å². The summed E-state index contributed by atoms with van der Waals surface area (Å²) >= 11 is 0. The second-order valence-corrected chi connectivity index (χ2v) is 2.66. The molecule has 0 bridgehead atoms. The third-order valence-corrected chi connectivity index (χ3v) is 1.83. The summed E-state index contributed by atoms with van der Waals surface area (Å²) in [4.78, 5) is 13.8. The molecule has 0 aliphatic rings. The normalized spacial score (nSPS) is 9.19. The Morgan fingerprint density at radius 2 is 2.19 bits per heavy atom. The zero-order valence-corrected chi connectivity index (χ0v) is 8.60. The first-order valence-electron chi connectivity index (χ1n) is 4.15. The van der Waals surface area contributed by atoms with E-state index in [1.807, 2.05) is 0 Å². The van der Waals surface area contributed by atoms with E-state index in [1.54, 1.807) is 0 Å². The number of halogens is 1. The molecule has 1 aromatic carbocycles. The summed E-state index contributed by atoms with van der Waals surface area (Å²) in [5.74, 6) is -1.85. The number of carbonyl (C=O) groups excluding carboxylic acids is 1. The van der Waals surface area contributed by atoms with Crippen molar-refractivity contribution in [3.63, 3.8) is 0 Å². The smallest absolute Gasteiger partial charge is 0.344 e. The summed E-state index contributed by atoms with van der Waals surface area (Å²) in [5.41, 5.74) is 7.92. The standard InChI is InChI=1S/C9H8FN3O3/c1-15-8-6(12-13-11)4-3-5(10)7(8)9(14)16-2/h3-4H,1-2H3. The van der Waals surface area contributed by atoms with Crippen LogP contribution in [-0.2, 0) is 4.74 Å². The van der Waals surface area contributed by atoms with Crippen molar-refractivity contribution in [2.45, 2.75) is 0 Å². The second-order valence-electron chi connectivity index (χ2n) is 2.66. The first kappa shape index (κ1) is 11.8. The summed E-state index contributed by atoms with van der Waals surface area (Å²) in [6.45, 7) is 0. The molecule has 0 fully saturated rings. The number of esters is 1. The predicted molar refractivity (Wildman–Crippen MR) is 53.1 cm³/mol. The molecule has 84 valence electrons. The van der Waals surface area contributed by atoms with Crippen LogP contribution in [0.1, 0.15) is 10.4 Å². The van der Waals surface area contributed by atoms with Crippen LogP contribution in [0.15, 0.2) is 17.2 Å². The lowest BCUT2D eigenvalue weighted by molar-refractivity contribution is 0.0591. The lowest BCUT2D eigenvalue weighted by atomic mass is 10.1. The van der Waals surface area contributed by atoms with Crippen molar-refractivity contribution in [1.82, 2.24) is 0 Å². The number of nitrogens with zero attached hydrogens (tertiary/aromatic N) is 3. The predicted octanol–water partition coefficient (Wildman–Crippen LogP) is 2.56. The molecule has 0 amide bonds. The molecule has 0 aliphatic carbocycles. The van der Waals surface area contributed by atoms with Gasteiger partial charge in [-0.05, 0) is 17.7 Å². The Kier molecular flexibility index (Phi) is 3.68. The number of azide groups is 1. The monoisotopic (exact) mass is 225 g/mol. The Balaban J connectivity index is 3.49. The van der Waals surface area contributed by atoms with Gasteiger partial charge in [-0.3, -0.25) is 0 Å². The Morgan fingerprint density at radius 3 is 2.69 bits per heavy atom. The van der Waals surface area contributed by atoms with Crippen LogP contribution in [0.4, 0.5) is 10.1 Å². The van der Waals surface area contributed by atoms with E-state index in [0.29, 0.717) is 0 Å². The van der Waals surface area contributed by atoms with Crippen LogP contribution in [0.25, 0.3) is 10.4 Å². The van der Waals surface area contributed by atoms with Gasteiger partial charge >= 0.3 is 5.97 Å². The van der Waals surface area contributed by atoms with E-state index in [9.17, 15) is 9.18 Å². The molecule has 0 saturated carbocycles. The molecule has 0 radical (unpaired) electrons. The minimum absolute atomic E-state index is 0.0202. The Morgan fingerprint density at radius 1 is 1.50 bits per heavy atom. The molecule has 0 unspecified atom stereocenters. The van der Waals surface area contributed by atoms with Crippen LogP contribution in [0, 0.1) is 5.82 Å². The highest BCUT2D eigenvalue weighted by Crippen LogP contribution is 2.33. The topological polar surface area (TPSA) is 84.3 Å². The van der Waals surface area contributed by atoms with Gasteiger partial charge in [0.25, 0.3) is 0 Å². The van der Waals surface area contributed by atoms with Crippen molar-refractivity contribution in [2.75, 3.05) is 14.2 Å². The van der Waals surface area contributed by atoms with E-state index in [-0.39, 0.29) is 11.4 Å². The van der Waals surface area contributed by atoms with Gasteiger partial charge < -0.3 is 9.47 Å². The van der Waals surface area contributed by atoms with E-state index in [0.717, 1.165) is 13.2 Å². The Labute approximate surface area is 90.2 Å². The van der Waals surface area contributed by atoms with E-state index < -0.39 is 17.3 Å². The van der Waals surface area contributed by atoms with Crippen LogP contribution in [-0.4, -0.2) is 20.2 Å². The Hall–Kier alpha value is -2.27. The first-order chi connectivity index (χ1) is 7.65. The first-order valence-corrected chi connectivity index (χ1v) is 4.15. The fourth-order valence-corrected chi connectivity index (χ4v) is 1.17. The van der Waals surface area contributed by atoms with Gasteiger partial charge in [-0.2, -0.15) is 0 Å². The maximum absolute atomic E-state index is 13.4. The van der Waals surface area contributed by atoms with Crippen LogP contribution in [0.3, 0.4) is 0 Å². The van der Waals surface area contributed by atoms with Crippen LogP contribution in [0.5, 0.6) is 5.75 Å². The van der Waals surface area contributed by atoms with Crippen molar-refractivity contribution in [1.29, 1.82) is 0 Å². The summed E-state index contributed by atoms with van der Waals surface area (Å²) in [7, 11) is 2.35. The van der Waals surface area contributed by atoms with Crippen molar-refractivity contribution in [3.05, 3.63) is 34.0 Å². The van der Waals surface area contributed by atoms with Crippen molar-refractivity contribution < 1.29 is 18.7 Å². The zero-order chi connectivity index (χ0) is 12.1. The van der Waals surface area contributed by atoms with Gasteiger partial charge in [-0.1, -0.05) is 5.11 Å². The van der Waals surface area contributed by atoms with E-state index in [2.05, 4.69) is 14.8 Å². The van der Waals surface area contributed by atoms with Gasteiger partial charge in [-0.15, -0.1) is 0 Å². The van der Waals surface area contributed by atoms with Gasteiger partial charge in [0, 0.05) is 4.91 Å². The minimum atomic E-state index is -0.899. The molecular weight excluding hydrogens is 217 g/mol. The number of rotatable bonds is 3. The Bertz CT molecular complexity index is 469. The quantitative estimate of drug-likeness (QED) is 0.343. The maximum atomic E-state index is 13.4. The van der Waals surface area contributed by atoms with Crippen molar-refractivity contribution in [2.24, 2.45) is 5.11 Å². The SMILES string of the molecule is COC(=O)c1c(F)ccc(N=[N+]=[N-])c1OC. The van der Waals surface area contributed by atoms with Crippen LogP contribution in [0.2, 0.25) is 0 Å². The third kappa shape index (κ3) is 2.04. The zero-order valence-electron chi connectivity index (χ0n) is 8.60. The van der Waals surface area contributed by atoms with Gasteiger partial charge in [-0.25, -0.2) is 9.18 Å². The molecule has 1 aromatic rings. The summed E-state index contributed by atoms with van der Waals surface area (Å²) in [5, 5.41) is 3.28. The lowest BCUT2D eigenvalue weighted by Gasteiger charge is -2.09. The fourth-order valence-electron chi connectivity index (χ4n) is 1.17. The van der Waals surface area contributed by atoms with Crippen molar-refractivity contribution >= 4 is 11.7 Å². The summed E-state index contributed by atoms with van der Waals surface area (Å²) in [6.07, 6.45) is 0.